The number of piperidine rings is 1. The number of halogens is 1. The van der Waals surface area contributed by atoms with Crippen LogP contribution in [0.15, 0.2) is 6.07 Å². The van der Waals surface area contributed by atoms with Crippen LogP contribution in [0, 0.1) is 23.6 Å². The molecule has 1 aromatic heterocycles. The number of amides is 2. The Bertz CT molecular complexity index is 1170. The SMILES string of the molecule is CC#CC(=O)NC1CCCN(c2c(F)cc(C(N)=O)c3[nH]c4c(c23)CCC(C(C)(C)O)C4)C1. The molecule has 2 atom stereocenters. The van der Waals surface area contributed by atoms with Crippen LogP contribution in [0.25, 0.3) is 10.9 Å². The highest BCUT2D eigenvalue weighted by Gasteiger charge is 2.35. The summed E-state index contributed by atoms with van der Waals surface area (Å²) in [5, 5.41) is 14.1. The van der Waals surface area contributed by atoms with Gasteiger partial charge < -0.3 is 26.0 Å². The highest BCUT2D eigenvalue weighted by molar-refractivity contribution is 6.10. The summed E-state index contributed by atoms with van der Waals surface area (Å²) in [7, 11) is 0. The average molecular weight is 455 g/mol. The Balaban J connectivity index is 1.79. The lowest BCUT2D eigenvalue weighted by Crippen LogP contribution is -2.48. The second-order valence-corrected chi connectivity index (χ2v) is 9.68. The first kappa shape index (κ1) is 23.1. The fraction of sp³-hybridized carbons (Fsp3) is 0.520. The average Bonchev–Trinajstić information content (AvgIpc) is 3.11. The molecule has 0 spiro atoms. The van der Waals surface area contributed by atoms with Gasteiger partial charge in [-0.05, 0) is 76.3 Å². The van der Waals surface area contributed by atoms with E-state index in [0.717, 1.165) is 30.5 Å². The number of fused-ring (bicyclic) bond motifs is 3. The number of benzene rings is 1. The van der Waals surface area contributed by atoms with Crippen molar-refractivity contribution in [1.29, 1.82) is 0 Å². The first-order valence-corrected chi connectivity index (χ1v) is 11.5. The topological polar surface area (TPSA) is 111 Å². The van der Waals surface area contributed by atoms with Gasteiger partial charge in [-0.3, -0.25) is 9.59 Å². The van der Waals surface area contributed by atoms with E-state index in [4.69, 9.17) is 5.73 Å². The molecule has 8 heteroatoms. The molecule has 7 nitrogen and oxygen atoms in total. The van der Waals surface area contributed by atoms with Crippen molar-refractivity contribution in [2.45, 2.75) is 64.5 Å². The Morgan fingerprint density at radius 1 is 1.36 bits per heavy atom. The predicted molar refractivity (Wildman–Crippen MR) is 125 cm³/mol. The molecule has 0 radical (unpaired) electrons. The van der Waals surface area contributed by atoms with Crippen molar-refractivity contribution in [3.8, 4) is 11.8 Å². The van der Waals surface area contributed by atoms with Crippen LogP contribution in [-0.4, -0.2) is 46.6 Å². The lowest BCUT2D eigenvalue weighted by molar-refractivity contribution is -0.116. The summed E-state index contributed by atoms with van der Waals surface area (Å²) >= 11 is 0. The van der Waals surface area contributed by atoms with E-state index in [0.29, 0.717) is 42.5 Å². The Morgan fingerprint density at radius 3 is 2.79 bits per heavy atom. The minimum atomic E-state index is -0.838. The molecule has 2 heterocycles. The van der Waals surface area contributed by atoms with Gasteiger partial charge in [0.25, 0.3) is 11.8 Å². The van der Waals surface area contributed by atoms with Gasteiger partial charge in [-0.2, -0.15) is 0 Å². The summed E-state index contributed by atoms with van der Waals surface area (Å²) in [6.45, 7) is 6.30. The number of hydrogen-bond donors (Lipinski definition) is 4. The van der Waals surface area contributed by atoms with Gasteiger partial charge in [0.2, 0.25) is 0 Å². The van der Waals surface area contributed by atoms with Crippen molar-refractivity contribution in [2.24, 2.45) is 11.7 Å². The van der Waals surface area contributed by atoms with Crippen LogP contribution < -0.4 is 16.0 Å². The first-order valence-electron chi connectivity index (χ1n) is 11.5. The summed E-state index contributed by atoms with van der Waals surface area (Å²) in [6.07, 6.45) is 3.62. The van der Waals surface area contributed by atoms with Crippen molar-refractivity contribution in [3.05, 3.63) is 28.7 Å². The largest absolute Gasteiger partial charge is 0.390 e. The van der Waals surface area contributed by atoms with Gasteiger partial charge >= 0.3 is 0 Å². The molecule has 5 N–H and O–H groups in total. The molecule has 1 fully saturated rings. The van der Waals surface area contributed by atoms with E-state index in [1.165, 1.54) is 6.07 Å². The maximum absolute atomic E-state index is 15.5. The highest BCUT2D eigenvalue weighted by Crippen LogP contribution is 2.42. The Hall–Kier alpha value is -3.05. The zero-order valence-corrected chi connectivity index (χ0v) is 19.3. The molecule has 2 unspecified atom stereocenters. The molecule has 1 aliphatic carbocycles. The number of nitrogens with zero attached hydrogens (tertiary/aromatic N) is 1. The van der Waals surface area contributed by atoms with E-state index < -0.39 is 17.3 Å². The smallest absolute Gasteiger partial charge is 0.296 e. The monoisotopic (exact) mass is 454 g/mol. The minimum absolute atomic E-state index is 0.0534. The molecule has 33 heavy (non-hydrogen) atoms. The summed E-state index contributed by atoms with van der Waals surface area (Å²) in [5.74, 6) is 3.61. The summed E-state index contributed by atoms with van der Waals surface area (Å²) in [4.78, 5) is 29.4. The van der Waals surface area contributed by atoms with E-state index in [1.54, 1.807) is 20.8 Å². The van der Waals surface area contributed by atoms with Crippen LogP contribution >= 0.6 is 0 Å². The standard InChI is InChI=1S/C25H31FN4O3/c1-4-6-20(31)28-15-7-5-10-30(13-15)23-18(26)12-17(24(27)32)22-21(23)16-9-8-14(25(2,3)33)11-19(16)29-22/h12,14-15,29,33H,5,7-11,13H2,1-3H3,(H2,27,32)(H,28,31). The van der Waals surface area contributed by atoms with Crippen molar-refractivity contribution in [1.82, 2.24) is 10.3 Å². The number of nitrogens with one attached hydrogen (secondary N) is 2. The van der Waals surface area contributed by atoms with Crippen molar-refractivity contribution in [3.63, 3.8) is 0 Å². The zero-order valence-electron chi connectivity index (χ0n) is 19.3. The number of primary amides is 1. The zero-order chi connectivity index (χ0) is 23.9. The second kappa shape index (κ2) is 8.71. The quantitative estimate of drug-likeness (QED) is 0.532. The van der Waals surface area contributed by atoms with E-state index in [1.807, 2.05) is 4.90 Å². The van der Waals surface area contributed by atoms with Gasteiger partial charge in [-0.1, -0.05) is 5.92 Å². The van der Waals surface area contributed by atoms with Gasteiger partial charge in [0.05, 0.1) is 22.4 Å². The Labute approximate surface area is 192 Å². The van der Waals surface area contributed by atoms with Gasteiger partial charge in [-0.15, -0.1) is 0 Å². The van der Waals surface area contributed by atoms with Crippen molar-refractivity contribution < 1.29 is 19.1 Å². The number of carbonyl (C=O) groups excluding carboxylic acids is 2. The lowest BCUT2D eigenvalue weighted by Gasteiger charge is -2.36. The molecular weight excluding hydrogens is 423 g/mol. The number of nitrogens with two attached hydrogens (primary N) is 1. The molecule has 0 saturated carbocycles. The van der Waals surface area contributed by atoms with Crippen LogP contribution in [0.2, 0.25) is 0 Å². The van der Waals surface area contributed by atoms with E-state index in [-0.39, 0.29) is 23.4 Å². The predicted octanol–water partition coefficient (Wildman–Crippen LogP) is 2.39. The summed E-state index contributed by atoms with van der Waals surface area (Å²) < 4.78 is 15.5. The third kappa shape index (κ3) is 4.42. The first-order chi connectivity index (χ1) is 15.6. The number of aliphatic hydroxyl groups is 1. The number of H-pyrrole nitrogens is 1. The Morgan fingerprint density at radius 2 is 2.12 bits per heavy atom. The molecule has 176 valence electrons. The number of aromatic nitrogens is 1. The number of rotatable bonds is 4. The van der Waals surface area contributed by atoms with Gasteiger partial charge in [-0.25, -0.2) is 4.39 Å². The molecule has 2 amide bonds. The molecular formula is C25H31FN4O3. The van der Waals surface area contributed by atoms with Crippen molar-refractivity contribution in [2.75, 3.05) is 18.0 Å². The maximum atomic E-state index is 15.5. The van der Waals surface area contributed by atoms with E-state index in [9.17, 15) is 14.7 Å². The highest BCUT2D eigenvalue weighted by atomic mass is 19.1. The maximum Gasteiger partial charge on any atom is 0.296 e. The van der Waals surface area contributed by atoms with Gasteiger partial charge in [0.1, 0.15) is 5.82 Å². The van der Waals surface area contributed by atoms with Crippen LogP contribution in [0.3, 0.4) is 0 Å². The fourth-order valence-electron chi connectivity index (χ4n) is 5.30. The van der Waals surface area contributed by atoms with Crippen LogP contribution in [0.5, 0.6) is 0 Å². The van der Waals surface area contributed by atoms with Gasteiger partial charge in [0, 0.05) is 30.2 Å². The number of anilines is 1. The number of hydrogen-bond acceptors (Lipinski definition) is 4. The number of carbonyl (C=O) groups is 2. The molecule has 1 aliphatic heterocycles. The molecule has 4 rings (SSSR count). The van der Waals surface area contributed by atoms with Crippen LogP contribution in [0.4, 0.5) is 10.1 Å². The number of aryl methyl sites for hydroxylation is 1. The molecule has 0 bridgehead atoms. The minimum Gasteiger partial charge on any atom is -0.390 e. The third-order valence-corrected chi connectivity index (χ3v) is 6.96. The molecule has 1 saturated heterocycles. The van der Waals surface area contributed by atoms with Gasteiger partial charge in [0.15, 0.2) is 0 Å². The van der Waals surface area contributed by atoms with E-state index in [2.05, 4.69) is 22.1 Å². The third-order valence-electron chi connectivity index (χ3n) is 6.96. The lowest BCUT2D eigenvalue weighted by atomic mass is 9.78. The fourth-order valence-corrected chi connectivity index (χ4v) is 5.30. The van der Waals surface area contributed by atoms with Crippen molar-refractivity contribution >= 4 is 28.4 Å². The second-order valence-electron chi connectivity index (χ2n) is 9.68. The van der Waals surface area contributed by atoms with Crippen LogP contribution in [-0.2, 0) is 17.6 Å². The summed E-state index contributed by atoms with van der Waals surface area (Å²) in [6, 6.07) is 1.06. The molecule has 2 aromatic rings. The summed E-state index contributed by atoms with van der Waals surface area (Å²) in [5.41, 5.74) is 7.76. The van der Waals surface area contributed by atoms with Crippen LogP contribution in [0.1, 0.15) is 61.6 Å². The number of aromatic amines is 1. The van der Waals surface area contributed by atoms with E-state index >= 15 is 4.39 Å². The Kier molecular flexibility index (Phi) is 6.10. The normalized spacial score (nSPS) is 20.7. The molecule has 1 aromatic carbocycles. The molecule has 2 aliphatic rings.